The third kappa shape index (κ3) is 3.98. The summed E-state index contributed by atoms with van der Waals surface area (Å²) >= 11 is 1.31. The lowest BCUT2D eigenvalue weighted by atomic mass is 10.2. The summed E-state index contributed by atoms with van der Waals surface area (Å²) in [5.41, 5.74) is 0.247. The molecule has 1 aromatic carbocycles. The summed E-state index contributed by atoms with van der Waals surface area (Å²) < 4.78 is 19.2. The minimum absolute atomic E-state index is 0.101. The molecule has 0 aliphatic carbocycles. The van der Waals surface area contributed by atoms with Crippen LogP contribution >= 0.6 is 11.8 Å². The van der Waals surface area contributed by atoms with E-state index in [0.717, 1.165) is 5.56 Å². The first kappa shape index (κ1) is 17.2. The van der Waals surface area contributed by atoms with E-state index in [4.69, 9.17) is 0 Å². The molecule has 23 heavy (non-hydrogen) atoms. The van der Waals surface area contributed by atoms with E-state index in [9.17, 15) is 14.0 Å². The molecule has 0 saturated carbocycles. The second-order valence-corrected chi connectivity index (χ2v) is 6.08. The second-order valence-electron chi connectivity index (χ2n) is 5.13. The van der Waals surface area contributed by atoms with Crippen molar-refractivity contribution in [3.63, 3.8) is 0 Å². The molecule has 0 unspecified atom stereocenters. The Balaban J connectivity index is 2.33. The number of hydrogen-bond acceptors (Lipinski definition) is 5. The number of methoxy groups -OCH3 is 1. The first-order valence-corrected chi connectivity index (χ1v) is 7.99. The fraction of sp³-hybridized carbons (Fsp3) is 0.312. The zero-order chi connectivity index (χ0) is 17.0. The number of halogens is 1. The molecule has 0 fully saturated rings. The normalized spacial score (nSPS) is 10.8. The highest BCUT2D eigenvalue weighted by atomic mass is 32.2. The number of ether oxygens (including phenoxy) is 1. The standard InChI is InChI=1S/C16H17FN2O3S/c1-10(2)19-14(20)13(15(21)22-3)8-18-16(19)23-9-11-5-4-6-12(17)7-11/h4-8,10H,9H2,1-3H3. The van der Waals surface area contributed by atoms with Crippen molar-refractivity contribution >= 4 is 17.7 Å². The number of carbonyl (C=O) groups excluding carboxylic acids is 1. The van der Waals surface area contributed by atoms with Crippen LogP contribution in [-0.4, -0.2) is 22.6 Å². The van der Waals surface area contributed by atoms with E-state index in [1.807, 2.05) is 13.8 Å². The molecule has 0 spiro atoms. The number of aromatic nitrogens is 2. The smallest absolute Gasteiger partial charge is 0.345 e. The second kappa shape index (κ2) is 7.41. The number of esters is 1. The summed E-state index contributed by atoms with van der Waals surface area (Å²) in [5.74, 6) is -0.550. The number of rotatable bonds is 5. The molecule has 5 nitrogen and oxygen atoms in total. The molecule has 7 heteroatoms. The van der Waals surface area contributed by atoms with Crippen LogP contribution in [-0.2, 0) is 10.5 Å². The van der Waals surface area contributed by atoms with Gasteiger partial charge in [0.05, 0.1) is 13.3 Å². The maximum atomic E-state index is 13.2. The minimum atomic E-state index is -0.710. The van der Waals surface area contributed by atoms with Crippen molar-refractivity contribution in [3.8, 4) is 0 Å². The maximum Gasteiger partial charge on any atom is 0.345 e. The summed E-state index contributed by atoms with van der Waals surface area (Å²) in [6.07, 6.45) is 1.22. The molecule has 2 aromatic rings. The Labute approximate surface area is 137 Å². The molecule has 122 valence electrons. The number of carbonyl (C=O) groups is 1. The maximum absolute atomic E-state index is 13.2. The molecule has 0 N–H and O–H groups in total. The van der Waals surface area contributed by atoms with Crippen LogP contribution in [0.2, 0.25) is 0 Å². The van der Waals surface area contributed by atoms with Crippen molar-refractivity contribution in [2.45, 2.75) is 30.8 Å². The SMILES string of the molecule is COC(=O)c1cnc(SCc2cccc(F)c2)n(C(C)C)c1=O. The van der Waals surface area contributed by atoms with Crippen LogP contribution in [0, 0.1) is 5.82 Å². The van der Waals surface area contributed by atoms with Gasteiger partial charge in [-0.3, -0.25) is 9.36 Å². The van der Waals surface area contributed by atoms with Gasteiger partial charge in [-0.2, -0.15) is 0 Å². The first-order chi connectivity index (χ1) is 10.9. The van der Waals surface area contributed by atoms with Crippen LogP contribution in [0.25, 0.3) is 0 Å². The van der Waals surface area contributed by atoms with E-state index in [2.05, 4.69) is 9.72 Å². The topological polar surface area (TPSA) is 61.2 Å². The van der Waals surface area contributed by atoms with Crippen molar-refractivity contribution < 1.29 is 13.9 Å². The Morgan fingerprint density at radius 3 is 2.78 bits per heavy atom. The predicted molar refractivity (Wildman–Crippen MR) is 86.2 cm³/mol. The van der Waals surface area contributed by atoms with Crippen molar-refractivity contribution in [1.29, 1.82) is 0 Å². The molecule has 1 heterocycles. The Kier molecular flexibility index (Phi) is 5.54. The zero-order valence-electron chi connectivity index (χ0n) is 13.1. The van der Waals surface area contributed by atoms with E-state index in [1.54, 1.807) is 12.1 Å². The number of hydrogen-bond donors (Lipinski definition) is 0. The van der Waals surface area contributed by atoms with Crippen molar-refractivity contribution in [2.75, 3.05) is 7.11 Å². The van der Waals surface area contributed by atoms with E-state index < -0.39 is 11.5 Å². The Morgan fingerprint density at radius 1 is 1.43 bits per heavy atom. The van der Waals surface area contributed by atoms with Gasteiger partial charge in [-0.05, 0) is 31.5 Å². The van der Waals surface area contributed by atoms with E-state index in [-0.39, 0.29) is 17.4 Å². The molecule has 0 bridgehead atoms. The largest absolute Gasteiger partial charge is 0.465 e. The first-order valence-electron chi connectivity index (χ1n) is 7.01. The van der Waals surface area contributed by atoms with Gasteiger partial charge >= 0.3 is 5.97 Å². The summed E-state index contributed by atoms with van der Waals surface area (Å²) in [6, 6.07) is 6.08. The summed E-state index contributed by atoms with van der Waals surface area (Å²) in [7, 11) is 1.22. The van der Waals surface area contributed by atoms with E-state index in [1.165, 1.54) is 41.8 Å². The molecule has 0 saturated heterocycles. The van der Waals surface area contributed by atoms with E-state index in [0.29, 0.717) is 10.9 Å². The lowest BCUT2D eigenvalue weighted by Gasteiger charge is -2.15. The van der Waals surface area contributed by atoms with Crippen LogP contribution in [0.4, 0.5) is 4.39 Å². The van der Waals surface area contributed by atoms with Gasteiger partial charge in [0, 0.05) is 11.8 Å². The molecule has 0 aliphatic rings. The predicted octanol–water partition coefficient (Wildman–Crippen LogP) is 3.04. The molecule has 0 atom stereocenters. The monoisotopic (exact) mass is 336 g/mol. The Morgan fingerprint density at radius 2 is 2.17 bits per heavy atom. The fourth-order valence-corrected chi connectivity index (χ4v) is 3.08. The Bertz CT molecular complexity index is 774. The molecule has 1 aromatic heterocycles. The molecule has 0 amide bonds. The summed E-state index contributed by atoms with van der Waals surface area (Å²) in [6.45, 7) is 3.66. The number of nitrogens with zero attached hydrogens (tertiary/aromatic N) is 2. The van der Waals surface area contributed by atoms with Gasteiger partial charge in [0.1, 0.15) is 11.4 Å². The lowest BCUT2D eigenvalue weighted by Crippen LogP contribution is -2.30. The molecular formula is C16H17FN2O3S. The average Bonchev–Trinajstić information content (AvgIpc) is 2.52. The zero-order valence-corrected chi connectivity index (χ0v) is 13.9. The summed E-state index contributed by atoms with van der Waals surface area (Å²) in [5, 5.41) is 0.474. The van der Waals surface area contributed by atoms with Crippen molar-refractivity contribution in [3.05, 3.63) is 57.8 Å². The lowest BCUT2D eigenvalue weighted by molar-refractivity contribution is 0.0596. The van der Waals surface area contributed by atoms with Crippen LogP contribution in [0.5, 0.6) is 0 Å². The third-order valence-corrected chi connectivity index (χ3v) is 4.18. The van der Waals surface area contributed by atoms with Crippen LogP contribution in [0.15, 0.2) is 40.4 Å². The van der Waals surface area contributed by atoms with Gasteiger partial charge < -0.3 is 4.74 Å². The highest BCUT2D eigenvalue weighted by Crippen LogP contribution is 2.22. The molecule has 0 radical (unpaired) electrons. The third-order valence-electron chi connectivity index (χ3n) is 3.14. The highest BCUT2D eigenvalue weighted by Gasteiger charge is 2.18. The minimum Gasteiger partial charge on any atom is -0.465 e. The van der Waals surface area contributed by atoms with Crippen LogP contribution in [0.1, 0.15) is 35.8 Å². The fourth-order valence-electron chi connectivity index (χ4n) is 2.04. The molecule has 2 rings (SSSR count). The van der Waals surface area contributed by atoms with Gasteiger partial charge in [-0.15, -0.1) is 0 Å². The van der Waals surface area contributed by atoms with Gasteiger partial charge in [-0.25, -0.2) is 14.2 Å². The van der Waals surface area contributed by atoms with Gasteiger partial charge in [0.25, 0.3) is 5.56 Å². The van der Waals surface area contributed by atoms with Gasteiger partial charge in [0.2, 0.25) is 0 Å². The quantitative estimate of drug-likeness (QED) is 0.477. The number of benzene rings is 1. The Hall–Kier alpha value is -2.15. The molecule has 0 aliphatic heterocycles. The van der Waals surface area contributed by atoms with Gasteiger partial charge in [-0.1, -0.05) is 23.9 Å². The summed E-state index contributed by atoms with van der Waals surface area (Å²) in [4.78, 5) is 28.3. The van der Waals surface area contributed by atoms with Crippen LogP contribution < -0.4 is 5.56 Å². The van der Waals surface area contributed by atoms with Crippen molar-refractivity contribution in [1.82, 2.24) is 9.55 Å². The molecular weight excluding hydrogens is 319 g/mol. The number of thioether (sulfide) groups is 1. The highest BCUT2D eigenvalue weighted by molar-refractivity contribution is 7.98. The van der Waals surface area contributed by atoms with Crippen molar-refractivity contribution in [2.24, 2.45) is 0 Å². The van der Waals surface area contributed by atoms with Crippen LogP contribution in [0.3, 0.4) is 0 Å². The van der Waals surface area contributed by atoms with Gasteiger partial charge in [0.15, 0.2) is 5.16 Å². The van der Waals surface area contributed by atoms with E-state index >= 15 is 0 Å². The average molecular weight is 336 g/mol.